The Morgan fingerprint density at radius 1 is 1.14 bits per heavy atom. The third-order valence-corrected chi connectivity index (χ3v) is 3.78. The quantitative estimate of drug-likeness (QED) is 0.757. The van der Waals surface area contributed by atoms with Crippen LogP contribution in [0.4, 0.5) is 0 Å². The Balaban J connectivity index is 2.61. The summed E-state index contributed by atoms with van der Waals surface area (Å²) in [6.07, 6.45) is 0. The topological polar surface area (TPSA) is 38.9 Å². The van der Waals surface area contributed by atoms with E-state index in [9.17, 15) is 0 Å². The monoisotopic (exact) mass is 320 g/mol. The molecule has 5 heteroatoms. The largest absolute Gasteiger partial charge is 0.466 e. The Hall–Kier alpha value is -0.430. The van der Waals surface area contributed by atoms with Gasteiger partial charge in [0.25, 0.3) is 0 Å². The molecule has 2 aromatic rings. The molecule has 0 aromatic carbocycles. The highest BCUT2D eigenvalue weighted by atomic mass is 127. The summed E-state index contributed by atoms with van der Waals surface area (Å²) >= 11 is 3.76. The molecule has 0 saturated heterocycles. The number of hydrogen-bond donors (Lipinski definition) is 0. The Morgan fingerprint density at radius 3 is 2.29 bits per heavy atom. The van der Waals surface area contributed by atoms with Crippen molar-refractivity contribution in [3.05, 3.63) is 20.1 Å². The molecule has 0 spiro atoms. The summed E-state index contributed by atoms with van der Waals surface area (Å²) in [4.78, 5) is 0. The molecule has 3 nitrogen and oxygen atoms in total. The molecule has 0 fully saturated rings. The second-order valence-corrected chi connectivity index (χ2v) is 5.81. The van der Waals surface area contributed by atoms with Gasteiger partial charge < -0.3 is 4.42 Å². The Morgan fingerprint density at radius 2 is 1.86 bits per heavy atom. The normalized spacial score (nSPS) is 10.9. The highest BCUT2D eigenvalue weighted by Gasteiger charge is 2.16. The van der Waals surface area contributed by atoms with Gasteiger partial charge in [-0.3, -0.25) is 0 Å². The zero-order valence-electron chi connectivity index (χ0n) is 8.09. The Kier molecular flexibility index (Phi) is 2.61. The molecule has 0 bridgehead atoms. The van der Waals surface area contributed by atoms with E-state index in [0.29, 0.717) is 0 Å². The highest BCUT2D eigenvalue weighted by molar-refractivity contribution is 14.1. The first-order valence-electron chi connectivity index (χ1n) is 4.15. The molecule has 0 aliphatic carbocycles. The van der Waals surface area contributed by atoms with Crippen LogP contribution >= 0.6 is 33.9 Å². The summed E-state index contributed by atoms with van der Waals surface area (Å²) in [5, 5.41) is 9.07. The van der Waals surface area contributed by atoms with Crippen LogP contribution in [0.2, 0.25) is 0 Å². The molecule has 2 rings (SSSR count). The summed E-state index contributed by atoms with van der Waals surface area (Å²) in [6, 6.07) is 0. The molecule has 74 valence electrons. The van der Waals surface area contributed by atoms with Gasteiger partial charge in [-0.1, -0.05) is 11.3 Å². The van der Waals surface area contributed by atoms with Gasteiger partial charge in [-0.2, -0.15) is 0 Å². The lowest BCUT2D eigenvalue weighted by molar-refractivity contribution is 0.503. The van der Waals surface area contributed by atoms with Gasteiger partial charge in [0.1, 0.15) is 11.5 Å². The summed E-state index contributed by atoms with van der Waals surface area (Å²) < 4.78 is 6.50. The first-order valence-corrected chi connectivity index (χ1v) is 6.05. The molecular weight excluding hydrogens is 311 g/mol. The van der Waals surface area contributed by atoms with Crippen LogP contribution in [0.3, 0.4) is 0 Å². The van der Waals surface area contributed by atoms with Gasteiger partial charge in [0.05, 0.1) is 5.56 Å². The van der Waals surface area contributed by atoms with Crippen molar-refractivity contribution in [1.29, 1.82) is 0 Å². The number of aryl methyl sites for hydroxylation is 2. The second-order valence-electron chi connectivity index (χ2n) is 3.07. The molecular formula is C9H9IN2OS. The molecule has 0 N–H and O–H groups in total. The second kappa shape index (κ2) is 3.62. The van der Waals surface area contributed by atoms with Crippen LogP contribution in [-0.4, -0.2) is 10.2 Å². The van der Waals surface area contributed by atoms with Gasteiger partial charge in [0.2, 0.25) is 0 Å². The third-order valence-electron chi connectivity index (χ3n) is 2.18. The van der Waals surface area contributed by atoms with Crippen LogP contribution in [0.1, 0.15) is 17.1 Å². The summed E-state index contributed by atoms with van der Waals surface area (Å²) in [7, 11) is 0. The van der Waals surface area contributed by atoms with E-state index in [1.807, 2.05) is 13.8 Å². The van der Waals surface area contributed by atoms with Crippen LogP contribution in [0.5, 0.6) is 0 Å². The molecule has 0 atom stereocenters. The standard InChI is InChI=1S/C9H9IN2OS/c1-4-5(2)13-6(3)7(4)8-11-12-9(10)14-8/h1-3H3. The number of rotatable bonds is 1. The molecule has 0 aliphatic heterocycles. The van der Waals surface area contributed by atoms with Crippen molar-refractivity contribution >= 4 is 33.9 Å². The molecule has 0 amide bonds. The lowest BCUT2D eigenvalue weighted by Gasteiger charge is -1.92. The fourth-order valence-electron chi connectivity index (χ4n) is 1.41. The zero-order chi connectivity index (χ0) is 10.3. The van der Waals surface area contributed by atoms with Crippen LogP contribution in [-0.2, 0) is 0 Å². The van der Waals surface area contributed by atoms with Crippen molar-refractivity contribution in [1.82, 2.24) is 10.2 Å². The van der Waals surface area contributed by atoms with Crippen molar-refractivity contribution in [3.63, 3.8) is 0 Å². The number of furan rings is 1. The smallest absolute Gasteiger partial charge is 0.178 e. The maximum absolute atomic E-state index is 5.55. The van der Waals surface area contributed by atoms with Crippen LogP contribution in [0.15, 0.2) is 4.42 Å². The van der Waals surface area contributed by atoms with Crippen LogP contribution < -0.4 is 0 Å². The van der Waals surface area contributed by atoms with Crippen molar-refractivity contribution in [2.75, 3.05) is 0 Å². The van der Waals surface area contributed by atoms with E-state index in [-0.39, 0.29) is 0 Å². The molecule has 0 radical (unpaired) electrons. The molecule has 0 unspecified atom stereocenters. The number of aromatic nitrogens is 2. The first-order chi connectivity index (χ1) is 6.59. The molecule has 14 heavy (non-hydrogen) atoms. The van der Waals surface area contributed by atoms with E-state index in [1.54, 1.807) is 11.3 Å². The fourth-order valence-corrected chi connectivity index (χ4v) is 2.87. The predicted molar refractivity (Wildman–Crippen MR) is 64.5 cm³/mol. The predicted octanol–water partition coefficient (Wildman–Crippen LogP) is 3.33. The molecule has 0 saturated carbocycles. The Bertz CT molecular complexity index is 475. The van der Waals surface area contributed by atoms with Gasteiger partial charge in [-0.15, -0.1) is 10.2 Å². The van der Waals surface area contributed by atoms with Gasteiger partial charge in [-0.25, -0.2) is 0 Å². The van der Waals surface area contributed by atoms with E-state index in [1.165, 1.54) is 0 Å². The SMILES string of the molecule is Cc1oc(C)c(-c2nnc(I)s2)c1C. The van der Waals surface area contributed by atoms with Crippen molar-refractivity contribution in [2.45, 2.75) is 20.8 Å². The average Bonchev–Trinajstić information content (AvgIpc) is 2.60. The first kappa shape index (κ1) is 10.1. The van der Waals surface area contributed by atoms with Crippen molar-refractivity contribution < 1.29 is 4.42 Å². The van der Waals surface area contributed by atoms with Crippen molar-refractivity contribution in [2.24, 2.45) is 0 Å². The lowest BCUT2D eigenvalue weighted by Crippen LogP contribution is -1.80. The van der Waals surface area contributed by atoms with E-state index in [0.717, 1.165) is 30.7 Å². The fraction of sp³-hybridized carbons (Fsp3) is 0.333. The van der Waals surface area contributed by atoms with Gasteiger partial charge in [-0.05, 0) is 43.4 Å². The average molecular weight is 320 g/mol. The zero-order valence-corrected chi connectivity index (χ0v) is 11.1. The molecule has 0 aliphatic rings. The van der Waals surface area contributed by atoms with Gasteiger partial charge in [0.15, 0.2) is 8.02 Å². The minimum Gasteiger partial charge on any atom is -0.466 e. The number of halogens is 1. The summed E-state index contributed by atoms with van der Waals surface area (Å²) in [6.45, 7) is 5.98. The Labute approximate surface area is 99.7 Å². The van der Waals surface area contributed by atoms with E-state index < -0.39 is 0 Å². The van der Waals surface area contributed by atoms with Crippen molar-refractivity contribution in [3.8, 4) is 10.6 Å². The molecule has 2 aromatic heterocycles. The third kappa shape index (κ3) is 1.58. The van der Waals surface area contributed by atoms with E-state index in [4.69, 9.17) is 4.42 Å². The maximum atomic E-state index is 5.55. The number of nitrogens with zero attached hydrogens (tertiary/aromatic N) is 2. The van der Waals surface area contributed by atoms with Crippen LogP contribution in [0.25, 0.3) is 10.6 Å². The summed E-state index contributed by atoms with van der Waals surface area (Å²) in [5.74, 6) is 1.88. The van der Waals surface area contributed by atoms with Gasteiger partial charge >= 0.3 is 0 Å². The van der Waals surface area contributed by atoms with E-state index in [2.05, 4.69) is 39.7 Å². The lowest BCUT2D eigenvalue weighted by atomic mass is 10.1. The van der Waals surface area contributed by atoms with Gasteiger partial charge in [0, 0.05) is 5.56 Å². The maximum Gasteiger partial charge on any atom is 0.178 e. The summed E-state index contributed by atoms with van der Waals surface area (Å²) in [5.41, 5.74) is 2.26. The van der Waals surface area contributed by atoms with E-state index >= 15 is 0 Å². The minimum atomic E-state index is 0.924. The molecule has 2 heterocycles. The highest BCUT2D eigenvalue weighted by Crippen LogP contribution is 2.33. The van der Waals surface area contributed by atoms with Crippen LogP contribution in [0, 0.1) is 23.8 Å². The minimum absolute atomic E-state index is 0.924. The number of hydrogen-bond acceptors (Lipinski definition) is 4.